The number of ether oxygens (including phenoxy) is 1. The molecule has 1 aromatic heterocycles. The number of nitrogens with one attached hydrogen (secondary N) is 2. The SMILES string of the molecule is CC.COC(=O)c1cc2[nH]c(=O)cc(NCc3ccccc3)c2cc1Br. The number of H-pyrrole nitrogens is 1. The van der Waals surface area contributed by atoms with Crippen LogP contribution in [0.5, 0.6) is 0 Å². The van der Waals surface area contributed by atoms with Crippen molar-refractivity contribution in [3.63, 3.8) is 0 Å². The van der Waals surface area contributed by atoms with E-state index in [1.54, 1.807) is 12.1 Å². The molecule has 0 saturated heterocycles. The summed E-state index contributed by atoms with van der Waals surface area (Å²) in [5, 5.41) is 4.09. The van der Waals surface area contributed by atoms with E-state index in [0.29, 0.717) is 27.8 Å². The van der Waals surface area contributed by atoms with Crippen LogP contribution in [0.3, 0.4) is 0 Å². The molecule has 0 aliphatic carbocycles. The van der Waals surface area contributed by atoms with Crippen LogP contribution >= 0.6 is 15.9 Å². The van der Waals surface area contributed by atoms with E-state index < -0.39 is 5.97 Å². The van der Waals surface area contributed by atoms with Gasteiger partial charge < -0.3 is 15.0 Å². The highest BCUT2D eigenvalue weighted by Crippen LogP contribution is 2.28. The molecule has 136 valence electrons. The van der Waals surface area contributed by atoms with E-state index in [2.05, 4.69) is 26.2 Å². The van der Waals surface area contributed by atoms with Gasteiger partial charge in [-0.3, -0.25) is 4.79 Å². The van der Waals surface area contributed by atoms with Crippen LogP contribution in [-0.2, 0) is 11.3 Å². The van der Waals surface area contributed by atoms with Gasteiger partial charge in [0.2, 0.25) is 5.56 Å². The fourth-order valence-corrected chi connectivity index (χ4v) is 2.99. The third-order valence-electron chi connectivity index (χ3n) is 3.66. The van der Waals surface area contributed by atoms with Gasteiger partial charge in [0.15, 0.2) is 0 Å². The van der Waals surface area contributed by atoms with E-state index in [9.17, 15) is 9.59 Å². The van der Waals surface area contributed by atoms with Gasteiger partial charge in [-0.15, -0.1) is 0 Å². The maximum Gasteiger partial charge on any atom is 0.339 e. The number of fused-ring (bicyclic) bond motifs is 1. The molecule has 26 heavy (non-hydrogen) atoms. The van der Waals surface area contributed by atoms with E-state index >= 15 is 0 Å². The smallest absolute Gasteiger partial charge is 0.339 e. The second-order valence-electron chi connectivity index (χ2n) is 5.26. The summed E-state index contributed by atoms with van der Waals surface area (Å²) < 4.78 is 5.36. The Bertz CT molecular complexity index is 952. The summed E-state index contributed by atoms with van der Waals surface area (Å²) in [6, 6.07) is 14.8. The lowest BCUT2D eigenvalue weighted by atomic mass is 10.1. The molecule has 0 unspecified atom stereocenters. The van der Waals surface area contributed by atoms with Crippen LogP contribution in [0, 0.1) is 0 Å². The van der Waals surface area contributed by atoms with Gasteiger partial charge in [0.25, 0.3) is 0 Å². The Morgan fingerprint density at radius 1 is 1.15 bits per heavy atom. The third-order valence-corrected chi connectivity index (χ3v) is 4.32. The number of benzene rings is 2. The molecule has 0 saturated carbocycles. The Hall–Kier alpha value is -2.60. The minimum Gasteiger partial charge on any atom is -0.465 e. The fourth-order valence-electron chi connectivity index (χ4n) is 2.48. The number of halogens is 1. The number of methoxy groups -OCH3 is 1. The van der Waals surface area contributed by atoms with Crippen LogP contribution in [0.25, 0.3) is 10.9 Å². The molecule has 6 heteroatoms. The zero-order chi connectivity index (χ0) is 19.1. The second-order valence-corrected chi connectivity index (χ2v) is 6.11. The van der Waals surface area contributed by atoms with E-state index in [4.69, 9.17) is 4.74 Å². The van der Waals surface area contributed by atoms with Crippen LogP contribution in [0.4, 0.5) is 5.69 Å². The van der Waals surface area contributed by atoms with Crippen LogP contribution in [0.15, 0.2) is 57.8 Å². The molecule has 3 aromatic rings. The third kappa shape index (κ3) is 4.52. The highest BCUT2D eigenvalue weighted by molar-refractivity contribution is 9.10. The lowest BCUT2D eigenvalue weighted by Crippen LogP contribution is -2.10. The second kappa shape index (κ2) is 9.20. The Balaban J connectivity index is 0.00000117. The maximum atomic E-state index is 11.9. The molecule has 0 radical (unpaired) electrons. The molecule has 0 spiro atoms. The van der Waals surface area contributed by atoms with Crippen molar-refractivity contribution in [2.45, 2.75) is 20.4 Å². The quantitative estimate of drug-likeness (QED) is 0.603. The Labute approximate surface area is 160 Å². The van der Waals surface area contributed by atoms with Crippen molar-refractivity contribution < 1.29 is 9.53 Å². The zero-order valence-electron chi connectivity index (χ0n) is 14.9. The zero-order valence-corrected chi connectivity index (χ0v) is 16.5. The number of pyridine rings is 1. The van der Waals surface area contributed by atoms with Gasteiger partial charge in [-0.1, -0.05) is 44.2 Å². The number of aromatic nitrogens is 1. The largest absolute Gasteiger partial charge is 0.465 e. The first-order valence-corrected chi connectivity index (χ1v) is 9.10. The van der Waals surface area contributed by atoms with Crippen molar-refractivity contribution in [1.29, 1.82) is 0 Å². The van der Waals surface area contributed by atoms with Gasteiger partial charge in [-0.05, 0) is 33.6 Å². The molecule has 1 heterocycles. The number of hydrogen-bond acceptors (Lipinski definition) is 4. The minimum absolute atomic E-state index is 0.240. The lowest BCUT2D eigenvalue weighted by molar-refractivity contribution is 0.0600. The highest BCUT2D eigenvalue weighted by atomic mass is 79.9. The van der Waals surface area contributed by atoms with Crippen molar-refractivity contribution in [3.8, 4) is 0 Å². The number of carbonyl (C=O) groups is 1. The Kier molecular flexibility index (Phi) is 6.97. The maximum absolute atomic E-state index is 11.9. The highest BCUT2D eigenvalue weighted by Gasteiger charge is 2.14. The molecule has 2 N–H and O–H groups in total. The van der Waals surface area contributed by atoms with Gasteiger partial charge in [-0.25, -0.2) is 4.79 Å². The predicted octanol–water partition coefficient (Wildman–Crippen LogP) is 4.72. The van der Waals surface area contributed by atoms with Gasteiger partial charge in [0, 0.05) is 28.2 Å². The van der Waals surface area contributed by atoms with Gasteiger partial charge in [-0.2, -0.15) is 0 Å². The molecule has 0 fully saturated rings. The summed E-state index contributed by atoms with van der Waals surface area (Å²) in [6.07, 6.45) is 0. The monoisotopic (exact) mass is 416 g/mol. The van der Waals surface area contributed by atoms with Crippen molar-refractivity contribution in [2.75, 3.05) is 12.4 Å². The Morgan fingerprint density at radius 2 is 1.85 bits per heavy atom. The van der Waals surface area contributed by atoms with E-state index in [1.807, 2.05) is 44.2 Å². The topological polar surface area (TPSA) is 71.2 Å². The summed E-state index contributed by atoms with van der Waals surface area (Å²) in [5.74, 6) is -0.465. The number of carbonyl (C=O) groups excluding carboxylic acids is 1. The van der Waals surface area contributed by atoms with Crippen molar-refractivity contribution in [1.82, 2.24) is 4.98 Å². The summed E-state index contributed by atoms with van der Waals surface area (Å²) in [4.78, 5) is 26.5. The van der Waals surface area contributed by atoms with Crippen LogP contribution < -0.4 is 10.9 Å². The average molecular weight is 417 g/mol. The van der Waals surface area contributed by atoms with Gasteiger partial charge >= 0.3 is 5.97 Å². The number of anilines is 1. The molecule has 2 aromatic carbocycles. The number of rotatable bonds is 4. The summed E-state index contributed by atoms with van der Waals surface area (Å²) in [5.41, 5.74) is 2.50. The first-order chi connectivity index (χ1) is 12.6. The normalized spacial score (nSPS) is 10.0. The number of aromatic amines is 1. The van der Waals surface area contributed by atoms with E-state index in [0.717, 1.165) is 10.9 Å². The van der Waals surface area contributed by atoms with Crippen LogP contribution in [0.2, 0.25) is 0 Å². The summed E-state index contributed by atoms with van der Waals surface area (Å²) in [6.45, 7) is 4.59. The molecule has 0 amide bonds. The standard InChI is InChI=1S/C18H15BrN2O3.C2H6/c1-24-18(23)12-8-16-13(7-14(12)19)15(9-17(22)21-16)20-10-11-5-3-2-4-6-11;1-2/h2-9H,10H2,1H3,(H2,20,21,22);1-2H3. The molecule has 5 nitrogen and oxygen atoms in total. The first kappa shape index (κ1) is 19.7. The van der Waals surface area contributed by atoms with Crippen LogP contribution in [-0.4, -0.2) is 18.1 Å². The number of esters is 1. The van der Waals surface area contributed by atoms with Crippen molar-refractivity contribution in [2.24, 2.45) is 0 Å². The van der Waals surface area contributed by atoms with Crippen LogP contribution in [0.1, 0.15) is 29.8 Å². The van der Waals surface area contributed by atoms with E-state index in [1.165, 1.54) is 13.2 Å². The fraction of sp³-hybridized carbons (Fsp3) is 0.200. The lowest BCUT2D eigenvalue weighted by Gasteiger charge is -2.11. The van der Waals surface area contributed by atoms with E-state index in [-0.39, 0.29) is 5.56 Å². The summed E-state index contributed by atoms with van der Waals surface area (Å²) >= 11 is 3.39. The average Bonchev–Trinajstić information content (AvgIpc) is 2.68. The molecule has 0 aliphatic rings. The summed E-state index contributed by atoms with van der Waals surface area (Å²) in [7, 11) is 1.32. The molecule has 0 aliphatic heterocycles. The molecule has 0 bridgehead atoms. The number of hydrogen-bond donors (Lipinski definition) is 2. The van der Waals surface area contributed by atoms with Gasteiger partial charge in [0.05, 0.1) is 18.2 Å². The Morgan fingerprint density at radius 3 is 2.50 bits per heavy atom. The molecule has 3 rings (SSSR count). The van der Waals surface area contributed by atoms with Crippen molar-refractivity contribution >= 4 is 38.5 Å². The first-order valence-electron chi connectivity index (χ1n) is 8.31. The van der Waals surface area contributed by atoms with Gasteiger partial charge in [0.1, 0.15) is 0 Å². The molecule has 0 atom stereocenters. The molecular formula is C20H21BrN2O3. The minimum atomic E-state index is -0.465. The molecular weight excluding hydrogens is 396 g/mol. The predicted molar refractivity (Wildman–Crippen MR) is 109 cm³/mol. The van der Waals surface area contributed by atoms with Crippen molar-refractivity contribution in [3.05, 3.63) is 74.5 Å².